The number of benzene rings is 2. The van der Waals surface area contributed by atoms with Crippen LogP contribution in [0.3, 0.4) is 0 Å². The van der Waals surface area contributed by atoms with Gasteiger partial charge >= 0.3 is 0 Å². The second-order valence-electron chi connectivity index (χ2n) is 5.20. The van der Waals surface area contributed by atoms with Crippen LogP contribution in [-0.2, 0) is 4.79 Å². The van der Waals surface area contributed by atoms with E-state index in [9.17, 15) is 4.79 Å². The predicted molar refractivity (Wildman–Crippen MR) is 103 cm³/mol. The molecule has 0 saturated carbocycles. The van der Waals surface area contributed by atoms with Gasteiger partial charge in [-0.1, -0.05) is 60.2 Å². The summed E-state index contributed by atoms with van der Waals surface area (Å²) in [5, 5.41) is 3.96. The molecule has 2 aromatic carbocycles. The molecule has 0 aromatic heterocycles. The summed E-state index contributed by atoms with van der Waals surface area (Å²) in [6, 6.07) is 15.4. The molecule has 1 amide bonds. The van der Waals surface area contributed by atoms with E-state index in [0.717, 1.165) is 16.8 Å². The molecule has 5 heteroatoms. The SMILES string of the molecule is Cc1ccc(Cl)cc1N=C1NC(=O)/C(=C/C=C/c2ccccc2)S1. The van der Waals surface area contributed by atoms with Crippen LogP contribution in [-0.4, -0.2) is 11.1 Å². The van der Waals surface area contributed by atoms with E-state index in [1.165, 1.54) is 11.8 Å². The maximum Gasteiger partial charge on any atom is 0.264 e. The van der Waals surface area contributed by atoms with Crippen molar-refractivity contribution in [2.24, 2.45) is 4.99 Å². The lowest BCUT2D eigenvalue weighted by atomic mass is 10.2. The number of nitrogens with one attached hydrogen (secondary N) is 1. The number of aliphatic imine (C=N–C) groups is 1. The monoisotopic (exact) mass is 354 g/mol. The normalized spacial score (nSPS) is 17.8. The molecule has 3 nitrogen and oxygen atoms in total. The Bertz CT molecular complexity index is 857. The van der Waals surface area contributed by atoms with Gasteiger partial charge in [0, 0.05) is 5.02 Å². The van der Waals surface area contributed by atoms with Crippen molar-refractivity contribution in [1.29, 1.82) is 0 Å². The second-order valence-corrected chi connectivity index (χ2v) is 6.67. The smallest absolute Gasteiger partial charge is 0.264 e. The Labute approximate surface area is 150 Å². The summed E-state index contributed by atoms with van der Waals surface area (Å²) >= 11 is 7.32. The van der Waals surface area contributed by atoms with Crippen molar-refractivity contribution in [3.05, 3.63) is 81.7 Å². The van der Waals surface area contributed by atoms with Gasteiger partial charge < -0.3 is 5.32 Å². The Morgan fingerprint density at radius 3 is 2.75 bits per heavy atom. The summed E-state index contributed by atoms with van der Waals surface area (Å²) in [4.78, 5) is 17.1. The zero-order chi connectivity index (χ0) is 16.9. The fourth-order valence-corrected chi connectivity index (χ4v) is 3.07. The molecule has 1 aliphatic heterocycles. The van der Waals surface area contributed by atoms with Crippen molar-refractivity contribution in [2.45, 2.75) is 6.92 Å². The molecule has 1 aliphatic rings. The first-order valence-electron chi connectivity index (χ1n) is 7.39. The molecule has 1 saturated heterocycles. The average molecular weight is 355 g/mol. The van der Waals surface area contributed by atoms with Crippen molar-refractivity contribution < 1.29 is 4.79 Å². The fourth-order valence-electron chi connectivity index (χ4n) is 2.12. The average Bonchev–Trinajstić information content (AvgIpc) is 2.92. The molecule has 0 radical (unpaired) electrons. The number of aryl methyl sites for hydroxylation is 1. The quantitative estimate of drug-likeness (QED) is 0.779. The lowest BCUT2D eigenvalue weighted by Crippen LogP contribution is -2.19. The van der Waals surface area contributed by atoms with Crippen LogP contribution in [0, 0.1) is 6.92 Å². The van der Waals surface area contributed by atoms with Gasteiger partial charge in [0.25, 0.3) is 5.91 Å². The number of carbonyl (C=O) groups is 1. The van der Waals surface area contributed by atoms with Crippen molar-refractivity contribution in [3.63, 3.8) is 0 Å². The molecular weight excluding hydrogens is 340 g/mol. The highest BCUT2D eigenvalue weighted by atomic mass is 35.5. The lowest BCUT2D eigenvalue weighted by molar-refractivity contribution is -0.115. The van der Waals surface area contributed by atoms with Gasteiger partial charge in [0.15, 0.2) is 5.17 Å². The summed E-state index contributed by atoms with van der Waals surface area (Å²) in [5.41, 5.74) is 2.84. The van der Waals surface area contributed by atoms with Crippen LogP contribution >= 0.6 is 23.4 Å². The van der Waals surface area contributed by atoms with E-state index in [-0.39, 0.29) is 5.91 Å². The van der Waals surface area contributed by atoms with Gasteiger partial charge in [-0.05, 0) is 48.0 Å². The Kier molecular flexibility index (Phi) is 5.18. The first-order chi connectivity index (χ1) is 11.6. The molecule has 1 N–H and O–H groups in total. The molecule has 1 fully saturated rings. The standard InChI is InChI=1S/C19H15ClN2OS/c1-13-10-11-15(20)12-16(13)21-19-22-18(23)17(24-19)9-5-8-14-6-3-2-4-7-14/h2-12H,1H3,(H,21,22,23)/b8-5+,17-9-. The van der Waals surface area contributed by atoms with Crippen molar-refractivity contribution in [3.8, 4) is 0 Å². The van der Waals surface area contributed by atoms with Crippen LogP contribution in [0.15, 0.2) is 70.6 Å². The lowest BCUT2D eigenvalue weighted by Gasteiger charge is -2.01. The third-order valence-electron chi connectivity index (χ3n) is 3.38. The number of nitrogens with zero attached hydrogens (tertiary/aromatic N) is 1. The van der Waals surface area contributed by atoms with Gasteiger partial charge in [0.2, 0.25) is 0 Å². The Morgan fingerprint density at radius 1 is 1.17 bits per heavy atom. The van der Waals surface area contributed by atoms with E-state index in [0.29, 0.717) is 15.1 Å². The van der Waals surface area contributed by atoms with Crippen LogP contribution in [0.5, 0.6) is 0 Å². The topological polar surface area (TPSA) is 41.5 Å². The molecule has 0 spiro atoms. The third kappa shape index (κ3) is 4.16. The van der Waals surface area contributed by atoms with Crippen LogP contribution in [0.2, 0.25) is 5.02 Å². The predicted octanol–water partition coefficient (Wildman–Crippen LogP) is 5.10. The minimum Gasteiger partial charge on any atom is -0.300 e. The van der Waals surface area contributed by atoms with Gasteiger partial charge in [-0.2, -0.15) is 0 Å². The molecular formula is C19H15ClN2OS. The maximum absolute atomic E-state index is 12.0. The van der Waals surface area contributed by atoms with Gasteiger partial charge in [-0.15, -0.1) is 0 Å². The largest absolute Gasteiger partial charge is 0.300 e. The van der Waals surface area contributed by atoms with E-state index in [2.05, 4.69) is 10.3 Å². The van der Waals surface area contributed by atoms with Crippen molar-refractivity contribution in [1.82, 2.24) is 5.32 Å². The van der Waals surface area contributed by atoms with Crippen LogP contribution in [0.25, 0.3) is 6.08 Å². The highest BCUT2D eigenvalue weighted by Crippen LogP contribution is 2.29. The minimum atomic E-state index is -0.142. The first kappa shape index (κ1) is 16.6. The van der Waals surface area contributed by atoms with E-state index >= 15 is 0 Å². The fraction of sp³-hybridized carbons (Fsp3) is 0.0526. The van der Waals surface area contributed by atoms with E-state index < -0.39 is 0 Å². The molecule has 2 aromatic rings. The number of hydrogen-bond donors (Lipinski definition) is 1. The van der Waals surface area contributed by atoms with Gasteiger partial charge in [0.1, 0.15) is 0 Å². The first-order valence-corrected chi connectivity index (χ1v) is 8.59. The summed E-state index contributed by atoms with van der Waals surface area (Å²) < 4.78 is 0. The van der Waals surface area contributed by atoms with Gasteiger partial charge in [0.05, 0.1) is 10.6 Å². The molecule has 0 unspecified atom stereocenters. The summed E-state index contributed by atoms with van der Waals surface area (Å²) in [5.74, 6) is -0.142. The number of allylic oxidation sites excluding steroid dienone is 2. The molecule has 120 valence electrons. The zero-order valence-corrected chi connectivity index (χ0v) is 14.6. The maximum atomic E-state index is 12.0. The Hall–Kier alpha value is -2.30. The summed E-state index contributed by atoms with van der Waals surface area (Å²) in [6.07, 6.45) is 5.61. The van der Waals surface area contributed by atoms with Crippen molar-refractivity contribution >= 4 is 46.2 Å². The molecule has 0 aliphatic carbocycles. The molecule has 24 heavy (non-hydrogen) atoms. The highest BCUT2D eigenvalue weighted by molar-refractivity contribution is 8.18. The molecule has 1 heterocycles. The molecule has 0 atom stereocenters. The number of hydrogen-bond acceptors (Lipinski definition) is 3. The van der Waals surface area contributed by atoms with Gasteiger partial charge in [-0.3, -0.25) is 4.79 Å². The van der Waals surface area contributed by atoms with Crippen LogP contribution in [0.1, 0.15) is 11.1 Å². The van der Waals surface area contributed by atoms with Gasteiger partial charge in [-0.25, -0.2) is 4.99 Å². The number of amides is 1. The molecule has 0 bridgehead atoms. The zero-order valence-electron chi connectivity index (χ0n) is 13.0. The number of halogens is 1. The number of carbonyl (C=O) groups excluding carboxylic acids is 1. The van der Waals surface area contributed by atoms with E-state index in [4.69, 9.17) is 11.6 Å². The van der Waals surface area contributed by atoms with E-state index in [1.807, 2.05) is 61.5 Å². The molecule has 3 rings (SSSR count). The minimum absolute atomic E-state index is 0.142. The second kappa shape index (κ2) is 7.51. The Balaban J connectivity index is 1.76. The van der Waals surface area contributed by atoms with Crippen molar-refractivity contribution in [2.75, 3.05) is 0 Å². The number of rotatable bonds is 3. The van der Waals surface area contributed by atoms with Crippen LogP contribution in [0.4, 0.5) is 5.69 Å². The summed E-state index contributed by atoms with van der Waals surface area (Å²) in [7, 11) is 0. The number of thioether (sulfide) groups is 1. The number of amidine groups is 1. The van der Waals surface area contributed by atoms with E-state index in [1.54, 1.807) is 12.1 Å². The highest BCUT2D eigenvalue weighted by Gasteiger charge is 2.23. The Morgan fingerprint density at radius 2 is 1.96 bits per heavy atom. The third-order valence-corrected chi connectivity index (χ3v) is 4.54. The van der Waals surface area contributed by atoms with Crippen LogP contribution < -0.4 is 5.32 Å². The summed E-state index contributed by atoms with van der Waals surface area (Å²) in [6.45, 7) is 1.95.